The maximum atomic E-state index is 10.7. The lowest BCUT2D eigenvalue weighted by molar-refractivity contribution is 0.0689. The van der Waals surface area contributed by atoms with Crippen LogP contribution < -0.4 is 0 Å². The van der Waals surface area contributed by atoms with Gasteiger partial charge in [0, 0.05) is 6.92 Å². The highest BCUT2D eigenvalue weighted by molar-refractivity contribution is 5.92. The van der Waals surface area contributed by atoms with Crippen LogP contribution in [0.1, 0.15) is 33.9 Å². The largest absolute Gasteiger partial charge is 0.476 e. The lowest BCUT2D eigenvalue weighted by Crippen LogP contribution is -2.00. The molecule has 5 heteroatoms. The van der Waals surface area contributed by atoms with E-state index in [2.05, 4.69) is 4.98 Å². The van der Waals surface area contributed by atoms with Gasteiger partial charge in [0.05, 0.1) is 0 Å². The van der Waals surface area contributed by atoms with E-state index in [1.165, 1.54) is 13.8 Å². The Bertz CT molecular complexity index is 339. The van der Waals surface area contributed by atoms with Crippen LogP contribution in [0.15, 0.2) is 4.42 Å². The zero-order chi connectivity index (χ0) is 9.30. The summed E-state index contributed by atoms with van der Waals surface area (Å²) in [6, 6.07) is 0. The van der Waals surface area contributed by atoms with Crippen LogP contribution in [0.2, 0.25) is 0 Å². The van der Waals surface area contributed by atoms with E-state index in [1.54, 1.807) is 0 Å². The Morgan fingerprint density at radius 3 is 2.33 bits per heavy atom. The molecule has 0 saturated carbocycles. The molecule has 1 aromatic rings. The average molecular weight is 169 g/mol. The third-order valence-corrected chi connectivity index (χ3v) is 1.30. The molecule has 0 aliphatic rings. The number of hydrogen-bond acceptors (Lipinski definition) is 4. The summed E-state index contributed by atoms with van der Waals surface area (Å²) in [4.78, 5) is 24.6. The summed E-state index contributed by atoms with van der Waals surface area (Å²) < 4.78 is 4.80. The summed E-state index contributed by atoms with van der Waals surface area (Å²) in [5, 5.41) is 8.53. The molecule has 0 bridgehead atoms. The van der Waals surface area contributed by atoms with Gasteiger partial charge in [-0.15, -0.1) is 0 Å². The standard InChI is InChI=1S/C7H7NO4/c1-3(9)6-8-5(7(10)11)4(2)12-6/h1-2H3,(H,10,11). The zero-order valence-electron chi connectivity index (χ0n) is 6.62. The first kappa shape index (κ1) is 8.45. The van der Waals surface area contributed by atoms with Crippen LogP contribution in [-0.4, -0.2) is 21.8 Å². The predicted octanol–water partition coefficient (Wildman–Crippen LogP) is 0.884. The van der Waals surface area contributed by atoms with Gasteiger partial charge < -0.3 is 9.52 Å². The summed E-state index contributed by atoms with van der Waals surface area (Å²) in [5.74, 6) is -1.59. The van der Waals surface area contributed by atoms with Gasteiger partial charge >= 0.3 is 5.97 Å². The molecule has 1 rings (SSSR count). The number of aryl methyl sites for hydroxylation is 1. The lowest BCUT2D eigenvalue weighted by atomic mass is 10.4. The summed E-state index contributed by atoms with van der Waals surface area (Å²) in [6.45, 7) is 2.71. The minimum Gasteiger partial charge on any atom is -0.476 e. The van der Waals surface area contributed by atoms with Gasteiger partial charge in [0.2, 0.25) is 5.78 Å². The molecule has 0 aliphatic carbocycles. The van der Waals surface area contributed by atoms with Crippen LogP contribution in [0.3, 0.4) is 0 Å². The molecule has 0 aromatic carbocycles. The lowest BCUT2D eigenvalue weighted by Gasteiger charge is -1.82. The third kappa shape index (κ3) is 1.34. The second-order valence-electron chi connectivity index (χ2n) is 2.29. The molecule has 1 heterocycles. The fourth-order valence-electron chi connectivity index (χ4n) is 0.745. The second kappa shape index (κ2) is 2.77. The van der Waals surface area contributed by atoms with Gasteiger partial charge in [0.25, 0.3) is 5.89 Å². The van der Waals surface area contributed by atoms with Crippen molar-refractivity contribution in [1.82, 2.24) is 4.98 Å². The van der Waals surface area contributed by atoms with Crippen molar-refractivity contribution in [2.45, 2.75) is 13.8 Å². The van der Waals surface area contributed by atoms with Gasteiger partial charge in [-0.25, -0.2) is 4.79 Å². The van der Waals surface area contributed by atoms with E-state index in [4.69, 9.17) is 9.52 Å². The zero-order valence-corrected chi connectivity index (χ0v) is 6.62. The first-order chi connectivity index (χ1) is 5.52. The molecule has 0 spiro atoms. The highest BCUT2D eigenvalue weighted by Gasteiger charge is 2.17. The number of carbonyl (C=O) groups excluding carboxylic acids is 1. The van der Waals surface area contributed by atoms with Crippen LogP contribution in [0.5, 0.6) is 0 Å². The van der Waals surface area contributed by atoms with Gasteiger partial charge in [-0.3, -0.25) is 4.79 Å². The molecule has 0 aliphatic heterocycles. The third-order valence-electron chi connectivity index (χ3n) is 1.30. The summed E-state index contributed by atoms with van der Waals surface area (Å²) >= 11 is 0. The van der Waals surface area contributed by atoms with E-state index in [0.29, 0.717) is 0 Å². The first-order valence-corrected chi connectivity index (χ1v) is 3.24. The van der Waals surface area contributed by atoms with E-state index in [0.717, 1.165) is 0 Å². The van der Waals surface area contributed by atoms with Crippen LogP contribution in [0.4, 0.5) is 0 Å². The highest BCUT2D eigenvalue weighted by atomic mass is 16.4. The quantitative estimate of drug-likeness (QED) is 0.664. The molecular weight excluding hydrogens is 162 g/mol. The van der Waals surface area contributed by atoms with Crippen molar-refractivity contribution >= 4 is 11.8 Å². The number of ketones is 1. The molecule has 0 atom stereocenters. The van der Waals surface area contributed by atoms with Crippen molar-refractivity contribution in [3.63, 3.8) is 0 Å². The Labute approximate surface area is 68.0 Å². The Balaban J connectivity index is 3.17. The van der Waals surface area contributed by atoms with E-state index in [9.17, 15) is 9.59 Å². The molecule has 5 nitrogen and oxygen atoms in total. The number of Topliss-reactive ketones (excluding diaryl/α,β-unsaturated/α-hetero) is 1. The Morgan fingerprint density at radius 1 is 1.50 bits per heavy atom. The molecular formula is C7H7NO4. The minimum absolute atomic E-state index is 0.146. The van der Waals surface area contributed by atoms with Crippen molar-refractivity contribution in [1.29, 1.82) is 0 Å². The number of oxazole rings is 1. The van der Waals surface area contributed by atoms with Gasteiger partial charge in [0.1, 0.15) is 5.76 Å². The van der Waals surface area contributed by atoms with Crippen LogP contribution in [0, 0.1) is 6.92 Å². The monoisotopic (exact) mass is 169 g/mol. The van der Waals surface area contributed by atoms with E-state index in [1.807, 2.05) is 0 Å². The molecule has 0 fully saturated rings. The van der Waals surface area contributed by atoms with Crippen LogP contribution in [0.25, 0.3) is 0 Å². The van der Waals surface area contributed by atoms with Crippen molar-refractivity contribution in [3.8, 4) is 0 Å². The van der Waals surface area contributed by atoms with Gasteiger partial charge in [-0.1, -0.05) is 0 Å². The number of carboxylic acids is 1. The number of carbonyl (C=O) groups is 2. The van der Waals surface area contributed by atoms with Gasteiger partial charge in [0.15, 0.2) is 5.69 Å². The molecule has 1 N–H and O–H groups in total. The number of nitrogens with zero attached hydrogens (tertiary/aromatic N) is 1. The van der Waals surface area contributed by atoms with Gasteiger partial charge in [-0.05, 0) is 6.92 Å². The molecule has 0 unspecified atom stereocenters. The summed E-state index contributed by atoms with van der Waals surface area (Å²) in [5.41, 5.74) is -0.208. The summed E-state index contributed by atoms with van der Waals surface area (Å²) in [6.07, 6.45) is 0. The minimum atomic E-state index is -1.19. The predicted molar refractivity (Wildman–Crippen MR) is 38.2 cm³/mol. The van der Waals surface area contributed by atoms with Crippen molar-refractivity contribution < 1.29 is 19.1 Å². The number of aromatic nitrogens is 1. The fourth-order valence-corrected chi connectivity index (χ4v) is 0.745. The maximum absolute atomic E-state index is 10.7. The van der Waals surface area contributed by atoms with Crippen molar-refractivity contribution in [3.05, 3.63) is 17.3 Å². The van der Waals surface area contributed by atoms with E-state index in [-0.39, 0.29) is 23.1 Å². The van der Waals surface area contributed by atoms with E-state index >= 15 is 0 Å². The fraction of sp³-hybridized carbons (Fsp3) is 0.286. The number of hydrogen-bond donors (Lipinski definition) is 1. The number of aromatic carboxylic acids is 1. The Hall–Kier alpha value is -1.65. The second-order valence-corrected chi connectivity index (χ2v) is 2.29. The highest BCUT2D eigenvalue weighted by Crippen LogP contribution is 2.09. The molecule has 12 heavy (non-hydrogen) atoms. The normalized spacial score (nSPS) is 9.83. The molecule has 64 valence electrons. The van der Waals surface area contributed by atoms with Crippen LogP contribution >= 0.6 is 0 Å². The topological polar surface area (TPSA) is 80.4 Å². The smallest absolute Gasteiger partial charge is 0.358 e. The summed E-state index contributed by atoms with van der Waals surface area (Å²) in [7, 11) is 0. The van der Waals surface area contributed by atoms with E-state index < -0.39 is 5.97 Å². The van der Waals surface area contributed by atoms with Crippen molar-refractivity contribution in [2.75, 3.05) is 0 Å². The molecule has 1 aromatic heterocycles. The first-order valence-electron chi connectivity index (χ1n) is 3.24. The average Bonchev–Trinajstić information content (AvgIpc) is 2.30. The molecule has 0 amide bonds. The van der Waals surface area contributed by atoms with Gasteiger partial charge in [-0.2, -0.15) is 4.98 Å². The Morgan fingerprint density at radius 2 is 2.08 bits per heavy atom. The van der Waals surface area contributed by atoms with Crippen LogP contribution in [-0.2, 0) is 0 Å². The van der Waals surface area contributed by atoms with Crippen molar-refractivity contribution in [2.24, 2.45) is 0 Å². The molecule has 0 saturated heterocycles. The molecule has 0 radical (unpaired) electrons. The SMILES string of the molecule is CC(=O)c1nc(C(=O)O)c(C)o1. The number of rotatable bonds is 2. The number of carboxylic acid groups (broad SMARTS) is 1. The maximum Gasteiger partial charge on any atom is 0.358 e. The Kier molecular flexibility index (Phi) is 1.95.